The van der Waals surface area contributed by atoms with Gasteiger partial charge in [-0.25, -0.2) is 4.79 Å². The van der Waals surface area contributed by atoms with Crippen LogP contribution in [0.25, 0.3) is 0 Å². The first kappa shape index (κ1) is 20.2. The molecule has 0 aliphatic carbocycles. The Hall–Kier alpha value is -3.49. The molecule has 0 radical (unpaired) electrons. The predicted molar refractivity (Wildman–Crippen MR) is 108 cm³/mol. The van der Waals surface area contributed by atoms with Crippen LogP contribution in [0.1, 0.15) is 52.3 Å². The van der Waals surface area contributed by atoms with Gasteiger partial charge in [0.15, 0.2) is 5.69 Å². The molecule has 1 fully saturated rings. The van der Waals surface area contributed by atoms with Crippen molar-refractivity contribution in [3.05, 3.63) is 47.3 Å². The molecule has 1 aliphatic heterocycles. The Morgan fingerprint density at radius 1 is 1.45 bits per heavy atom. The lowest BCUT2D eigenvalue weighted by molar-refractivity contribution is 0.0514. The van der Waals surface area contributed by atoms with Crippen LogP contribution in [0.15, 0.2) is 40.0 Å². The number of rotatable bonds is 7. The Morgan fingerprint density at radius 3 is 3.07 bits per heavy atom. The van der Waals surface area contributed by atoms with Gasteiger partial charge in [-0.15, -0.1) is 0 Å². The van der Waals surface area contributed by atoms with Crippen LogP contribution in [0, 0.1) is 5.41 Å². The minimum absolute atomic E-state index is 0.0422. The summed E-state index contributed by atoms with van der Waals surface area (Å²) in [6.45, 7) is 3.09. The van der Waals surface area contributed by atoms with Gasteiger partial charge < -0.3 is 19.6 Å². The molecule has 0 unspecified atom stereocenters. The molecule has 0 saturated carbocycles. The first-order valence-electron chi connectivity index (χ1n) is 9.44. The van der Waals surface area contributed by atoms with Crippen LogP contribution in [0.4, 0.5) is 5.69 Å². The van der Waals surface area contributed by atoms with Crippen molar-refractivity contribution < 1.29 is 18.8 Å². The third kappa shape index (κ3) is 4.87. The second-order valence-corrected chi connectivity index (χ2v) is 6.53. The van der Waals surface area contributed by atoms with Crippen molar-refractivity contribution in [2.24, 2.45) is 5.10 Å². The van der Waals surface area contributed by atoms with Crippen molar-refractivity contribution >= 4 is 30.0 Å². The lowest BCUT2D eigenvalue weighted by Crippen LogP contribution is -2.39. The first-order chi connectivity index (χ1) is 14.1. The minimum Gasteiger partial charge on any atom is -0.461 e. The van der Waals surface area contributed by atoms with Crippen LogP contribution in [0.5, 0.6) is 0 Å². The topological polar surface area (TPSA) is 121 Å². The summed E-state index contributed by atoms with van der Waals surface area (Å²) in [4.78, 5) is 26.7. The number of para-hydroxylation sites is 1. The van der Waals surface area contributed by atoms with Gasteiger partial charge in [0.05, 0.1) is 24.1 Å². The third-order valence-corrected chi connectivity index (χ3v) is 4.62. The molecule has 2 N–H and O–H groups in total. The zero-order chi connectivity index (χ0) is 20.6. The van der Waals surface area contributed by atoms with Gasteiger partial charge in [0.1, 0.15) is 5.76 Å². The number of carbonyl (C=O) groups excluding carboxylic acids is 2. The maximum atomic E-state index is 13.1. The Balaban J connectivity index is 1.73. The van der Waals surface area contributed by atoms with Crippen LogP contribution in [0.2, 0.25) is 0 Å². The molecule has 0 spiro atoms. The van der Waals surface area contributed by atoms with Crippen molar-refractivity contribution in [2.75, 3.05) is 25.1 Å². The van der Waals surface area contributed by atoms with E-state index in [0.29, 0.717) is 30.1 Å². The number of amides is 1. The van der Waals surface area contributed by atoms with Gasteiger partial charge in [-0.2, -0.15) is 5.10 Å². The first-order valence-corrected chi connectivity index (χ1v) is 9.44. The fraction of sp³-hybridized carbons (Fsp3) is 0.350. The van der Waals surface area contributed by atoms with Gasteiger partial charge in [-0.05, 0) is 31.9 Å². The summed E-state index contributed by atoms with van der Waals surface area (Å²) in [6.07, 6.45) is 4.00. The maximum Gasteiger partial charge on any atom is 0.360 e. The van der Waals surface area contributed by atoms with Crippen LogP contribution in [-0.2, 0) is 4.74 Å². The Morgan fingerprint density at radius 2 is 2.28 bits per heavy atom. The van der Waals surface area contributed by atoms with Crippen molar-refractivity contribution in [3.63, 3.8) is 0 Å². The molecule has 1 saturated heterocycles. The van der Waals surface area contributed by atoms with Gasteiger partial charge in [0.25, 0.3) is 5.91 Å². The highest BCUT2D eigenvalue weighted by Crippen LogP contribution is 2.29. The second-order valence-electron chi connectivity index (χ2n) is 6.53. The second kappa shape index (κ2) is 9.63. The molecule has 2 heterocycles. The highest BCUT2D eigenvalue weighted by Gasteiger charge is 2.29. The van der Waals surface area contributed by atoms with Crippen molar-refractivity contribution in [1.82, 2.24) is 10.1 Å². The van der Waals surface area contributed by atoms with Crippen LogP contribution < -0.4 is 5.43 Å². The molecule has 9 nitrogen and oxygen atoms in total. The smallest absolute Gasteiger partial charge is 0.360 e. The number of anilines is 1. The number of hydrazone groups is 1. The normalized spacial score (nSPS) is 16.6. The number of carbonyl (C=O) groups is 2. The van der Waals surface area contributed by atoms with Crippen molar-refractivity contribution in [2.45, 2.75) is 25.7 Å². The summed E-state index contributed by atoms with van der Waals surface area (Å²) in [5.74, 6) is -0.100. The van der Waals surface area contributed by atoms with E-state index in [4.69, 9.17) is 14.7 Å². The average molecular weight is 397 g/mol. The van der Waals surface area contributed by atoms with E-state index in [1.165, 1.54) is 6.21 Å². The molecule has 1 amide bonds. The summed E-state index contributed by atoms with van der Waals surface area (Å²) in [7, 11) is 0. The molecule has 3 rings (SSSR count). The SMILES string of the molecule is CCOC(=O)c1cc([C@@H]2CCCN(C(=O)c3ccccc3N/N=C\C=N)C2)on1. The number of ether oxygens (including phenoxy) is 1. The Kier molecular flexibility index (Phi) is 6.72. The van der Waals surface area contributed by atoms with Gasteiger partial charge in [0, 0.05) is 31.3 Å². The standard InChI is InChI=1S/C20H23N5O4/c1-2-28-20(27)17-12-18(29-24-17)14-6-5-11-25(13-14)19(26)15-7-3-4-8-16(15)23-22-10-9-21/h3-4,7-10,12,14,21,23H,2,5-6,11,13H2,1H3/b21-9?,22-10-/t14-/m1/s1. The Labute approximate surface area is 168 Å². The quantitative estimate of drug-likeness (QED) is 0.421. The number of likely N-dealkylation sites (tertiary alicyclic amines) is 1. The van der Waals surface area contributed by atoms with E-state index in [1.807, 2.05) is 6.07 Å². The maximum absolute atomic E-state index is 13.1. The van der Waals surface area contributed by atoms with Gasteiger partial charge in [0.2, 0.25) is 0 Å². The van der Waals surface area contributed by atoms with Crippen molar-refractivity contribution in [3.8, 4) is 0 Å². The van der Waals surface area contributed by atoms with E-state index in [0.717, 1.165) is 19.1 Å². The summed E-state index contributed by atoms with van der Waals surface area (Å²) in [6, 6.07) is 8.70. The lowest BCUT2D eigenvalue weighted by atomic mass is 9.94. The molecule has 9 heteroatoms. The number of benzene rings is 1. The number of nitrogens with zero attached hydrogens (tertiary/aromatic N) is 3. The fourth-order valence-electron chi connectivity index (χ4n) is 3.26. The summed E-state index contributed by atoms with van der Waals surface area (Å²) in [5, 5.41) is 14.7. The number of piperidine rings is 1. The third-order valence-electron chi connectivity index (χ3n) is 4.62. The van der Waals surface area contributed by atoms with E-state index in [2.05, 4.69) is 15.7 Å². The summed E-state index contributed by atoms with van der Waals surface area (Å²) in [5.41, 5.74) is 4.01. The van der Waals surface area contributed by atoms with Gasteiger partial charge in [-0.1, -0.05) is 17.3 Å². The van der Waals surface area contributed by atoms with Gasteiger partial charge in [-0.3, -0.25) is 10.2 Å². The number of hydrogen-bond donors (Lipinski definition) is 2. The largest absolute Gasteiger partial charge is 0.461 e. The van der Waals surface area contributed by atoms with Crippen LogP contribution >= 0.6 is 0 Å². The highest BCUT2D eigenvalue weighted by atomic mass is 16.5. The van der Waals surface area contributed by atoms with E-state index < -0.39 is 5.97 Å². The number of hydrogen-bond acceptors (Lipinski definition) is 8. The molecule has 1 aromatic carbocycles. The van der Waals surface area contributed by atoms with E-state index in [-0.39, 0.29) is 24.1 Å². The van der Waals surface area contributed by atoms with Crippen LogP contribution in [0.3, 0.4) is 0 Å². The highest BCUT2D eigenvalue weighted by molar-refractivity contribution is 6.14. The van der Waals surface area contributed by atoms with Crippen LogP contribution in [-0.4, -0.2) is 54.1 Å². The molecule has 1 atom stereocenters. The molecular formula is C20H23N5O4. The molecule has 2 aromatic rings. The summed E-state index contributed by atoms with van der Waals surface area (Å²) >= 11 is 0. The predicted octanol–water partition coefficient (Wildman–Crippen LogP) is 2.92. The minimum atomic E-state index is -0.517. The van der Waals surface area contributed by atoms with E-state index in [1.54, 1.807) is 36.1 Å². The zero-order valence-corrected chi connectivity index (χ0v) is 16.1. The van der Waals surface area contributed by atoms with E-state index in [9.17, 15) is 9.59 Å². The monoisotopic (exact) mass is 397 g/mol. The molecule has 152 valence electrons. The molecule has 29 heavy (non-hydrogen) atoms. The average Bonchev–Trinajstić information content (AvgIpc) is 3.25. The lowest BCUT2D eigenvalue weighted by Gasteiger charge is -2.32. The fourth-order valence-corrected chi connectivity index (χ4v) is 3.26. The molecular weight excluding hydrogens is 374 g/mol. The Bertz CT molecular complexity index is 908. The van der Waals surface area contributed by atoms with Crippen molar-refractivity contribution in [1.29, 1.82) is 5.41 Å². The van der Waals surface area contributed by atoms with Gasteiger partial charge >= 0.3 is 5.97 Å². The number of aromatic nitrogens is 1. The molecule has 1 aromatic heterocycles. The zero-order valence-electron chi connectivity index (χ0n) is 16.1. The van der Waals surface area contributed by atoms with E-state index >= 15 is 0 Å². The molecule has 0 bridgehead atoms. The number of nitrogens with one attached hydrogen (secondary N) is 2. The summed E-state index contributed by atoms with van der Waals surface area (Å²) < 4.78 is 10.3. The number of esters is 1. The molecule has 1 aliphatic rings.